The molecular formula is C33H41N5O10. The average molecular weight is 668 g/mol. The molecule has 2 bridgehead atoms. The predicted octanol–water partition coefficient (Wildman–Crippen LogP) is 3.06. The van der Waals surface area contributed by atoms with Crippen LogP contribution < -0.4 is 10.6 Å². The topological polar surface area (TPSA) is 203 Å². The zero-order valence-electron chi connectivity index (χ0n) is 27.3. The van der Waals surface area contributed by atoms with Crippen molar-refractivity contribution in [3.05, 3.63) is 65.6 Å². The molecule has 0 saturated carbocycles. The van der Waals surface area contributed by atoms with E-state index in [9.17, 15) is 29.1 Å². The third-order valence-corrected chi connectivity index (χ3v) is 7.79. The number of allylic oxidation sites excluding steroid dienone is 2. The first kappa shape index (κ1) is 35.8. The number of fused-ring (bicyclic) bond motifs is 3. The van der Waals surface area contributed by atoms with Gasteiger partial charge in [0, 0.05) is 37.4 Å². The molecule has 4 heterocycles. The number of hydrogen-bond acceptors (Lipinski definition) is 12. The molecular weight excluding hydrogens is 626 g/mol. The zero-order valence-corrected chi connectivity index (χ0v) is 27.3. The Labute approximate surface area is 277 Å². The first-order chi connectivity index (χ1) is 22.9. The number of esters is 1. The molecule has 0 radical (unpaired) electrons. The van der Waals surface area contributed by atoms with E-state index in [4.69, 9.17) is 18.4 Å². The summed E-state index contributed by atoms with van der Waals surface area (Å²) in [6, 6.07) is 0.599. The van der Waals surface area contributed by atoms with Gasteiger partial charge in [0.2, 0.25) is 11.8 Å². The zero-order chi connectivity index (χ0) is 34.8. The number of aromatic nitrogens is 2. The SMILES string of the molecule is CC1=C[C@@H](O)CC(=O)Cc2nc(co2)C(=O)N2CCC[C@@H]2C(=O)O[C@H]([C@H](C)COC(=O)Nc2cc(C)on2)[C@H](C)/C=C/C(=O)NCC=C1. The minimum atomic E-state index is -1.05. The number of rotatable bonds is 4. The van der Waals surface area contributed by atoms with Crippen molar-refractivity contribution in [1.82, 2.24) is 20.4 Å². The van der Waals surface area contributed by atoms with Crippen LogP contribution in [0.25, 0.3) is 0 Å². The van der Waals surface area contributed by atoms with Crippen LogP contribution in [0.4, 0.5) is 10.6 Å². The highest BCUT2D eigenvalue weighted by molar-refractivity contribution is 5.95. The van der Waals surface area contributed by atoms with Crippen LogP contribution in [-0.4, -0.2) is 87.8 Å². The summed E-state index contributed by atoms with van der Waals surface area (Å²) < 4.78 is 21.7. The molecule has 2 aromatic rings. The smallest absolute Gasteiger partial charge is 0.412 e. The fourth-order valence-corrected chi connectivity index (χ4v) is 5.42. The molecule has 2 aliphatic heterocycles. The van der Waals surface area contributed by atoms with Gasteiger partial charge in [0.15, 0.2) is 11.5 Å². The van der Waals surface area contributed by atoms with Gasteiger partial charge in [-0.05, 0) is 32.8 Å². The molecule has 48 heavy (non-hydrogen) atoms. The van der Waals surface area contributed by atoms with Gasteiger partial charge in [-0.15, -0.1) is 0 Å². The van der Waals surface area contributed by atoms with Crippen LogP contribution in [0, 0.1) is 18.8 Å². The van der Waals surface area contributed by atoms with E-state index in [2.05, 4.69) is 20.8 Å². The lowest BCUT2D eigenvalue weighted by molar-refractivity contribution is -0.159. The Hall–Kier alpha value is -5.05. The second-order valence-electron chi connectivity index (χ2n) is 12.0. The number of ether oxygens (including phenoxy) is 2. The van der Waals surface area contributed by atoms with Crippen molar-refractivity contribution in [1.29, 1.82) is 0 Å². The van der Waals surface area contributed by atoms with Crippen LogP contribution in [0.15, 0.2) is 57.2 Å². The fourth-order valence-electron chi connectivity index (χ4n) is 5.42. The molecule has 2 aliphatic rings. The highest BCUT2D eigenvalue weighted by Gasteiger charge is 2.39. The number of cyclic esters (lactones) is 1. The quantitative estimate of drug-likeness (QED) is 0.403. The Bertz CT molecular complexity index is 1570. The number of aliphatic hydroxyl groups is 1. The molecule has 15 heteroatoms. The average Bonchev–Trinajstić information content (AvgIpc) is 3.80. The number of aliphatic hydroxyl groups excluding tert-OH is 1. The molecule has 1 saturated heterocycles. The second kappa shape index (κ2) is 16.7. The summed E-state index contributed by atoms with van der Waals surface area (Å²) in [5.74, 6) is -2.31. The van der Waals surface area contributed by atoms with Crippen LogP contribution in [0.5, 0.6) is 0 Å². The van der Waals surface area contributed by atoms with Gasteiger partial charge in [-0.2, -0.15) is 0 Å². The lowest BCUT2D eigenvalue weighted by Crippen LogP contribution is -2.44. The molecule has 258 valence electrons. The summed E-state index contributed by atoms with van der Waals surface area (Å²) in [5, 5.41) is 19.2. The lowest BCUT2D eigenvalue weighted by atomic mass is 9.93. The van der Waals surface area contributed by atoms with Crippen LogP contribution in [-0.2, 0) is 30.3 Å². The summed E-state index contributed by atoms with van der Waals surface area (Å²) in [6.45, 7) is 7.23. The summed E-state index contributed by atoms with van der Waals surface area (Å²) in [7, 11) is 0. The molecule has 0 aliphatic carbocycles. The molecule has 5 atom stereocenters. The normalized spacial score (nSPS) is 24.6. The van der Waals surface area contributed by atoms with Gasteiger partial charge in [0.25, 0.3) is 5.91 Å². The number of aryl methyl sites for hydroxylation is 1. The van der Waals surface area contributed by atoms with Crippen LogP contribution >= 0.6 is 0 Å². The molecule has 1 fully saturated rings. The number of ketones is 1. The summed E-state index contributed by atoms with van der Waals surface area (Å²) >= 11 is 0. The van der Waals surface area contributed by atoms with Crippen molar-refractivity contribution in [2.45, 2.75) is 71.6 Å². The van der Waals surface area contributed by atoms with E-state index in [1.165, 1.54) is 23.1 Å². The largest absolute Gasteiger partial charge is 0.460 e. The minimum absolute atomic E-state index is 0.0147. The Morgan fingerprint density at radius 1 is 1.23 bits per heavy atom. The standard InChI is InChI=1S/C33H41N5O10/c1-19-7-5-11-34-28(41)10-9-20(2)30(21(3)17-46-33(44)36-27-14-22(4)48-37-27)47-32(43)26-8-6-12-38(26)31(42)25-18-45-29(35-25)16-24(40)15-23(39)13-19/h5,7,9-10,13-14,18,20-21,23,26,30,39H,6,8,11-12,15-17H2,1-4H3,(H,34,41)(H,36,37,44)/b7-5?,10-9+,19-13?/t20-,21-,23-,26-,30+/m1/s1. The number of anilines is 1. The van der Waals surface area contributed by atoms with E-state index < -0.39 is 54.0 Å². The molecule has 0 unspecified atom stereocenters. The maximum atomic E-state index is 13.6. The van der Waals surface area contributed by atoms with E-state index in [-0.39, 0.29) is 55.7 Å². The summed E-state index contributed by atoms with van der Waals surface area (Å²) in [4.78, 5) is 70.1. The van der Waals surface area contributed by atoms with Gasteiger partial charge in [0.1, 0.15) is 30.0 Å². The highest BCUT2D eigenvalue weighted by atomic mass is 16.6. The third-order valence-electron chi connectivity index (χ3n) is 7.79. The van der Waals surface area contributed by atoms with Gasteiger partial charge in [0.05, 0.1) is 19.1 Å². The Morgan fingerprint density at radius 3 is 2.77 bits per heavy atom. The number of carbonyl (C=O) groups excluding carboxylic acids is 5. The molecule has 15 nitrogen and oxygen atoms in total. The van der Waals surface area contributed by atoms with Crippen molar-refractivity contribution >= 4 is 35.5 Å². The van der Waals surface area contributed by atoms with Crippen LogP contribution in [0.3, 0.4) is 0 Å². The predicted molar refractivity (Wildman–Crippen MR) is 169 cm³/mol. The molecule has 3 amide bonds. The summed E-state index contributed by atoms with van der Waals surface area (Å²) in [6.07, 6.45) is 6.74. The maximum absolute atomic E-state index is 13.6. The number of nitrogens with zero attached hydrogens (tertiary/aromatic N) is 3. The van der Waals surface area contributed by atoms with Crippen LogP contribution in [0.2, 0.25) is 0 Å². The Kier molecular flexibility index (Phi) is 12.4. The highest BCUT2D eigenvalue weighted by Crippen LogP contribution is 2.26. The van der Waals surface area contributed by atoms with Crippen molar-refractivity contribution in [2.75, 3.05) is 25.0 Å². The van der Waals surface area contributed by atoms with E-state index in [1.807, 2.05) is 0 Å². The monoisotopic (exact) mass is 667 g/mol. The number of carbonyl (C=O) groups is 5. The maximum Gasteiger partial charge on any atom is 0.412 e. The van der Waals surface area contributed by atoms with Crippen molar-refractivity contribution in [2.24, 2.45) is 11.8 Å². The molecule has 4 rings (SSSR count). The molecule has 2 aromatic heterocycles. The Morgan fingerprint density at radius 2 is 2.02 bits per heavy atom. The summed E-state index contributed by atoms with van der Waals surface area (Å²) in [5.41, 5.74) is 0.619. The van der Waals surface area contributed by atoms with Gasteiger partial charge >= 0.3 is 12.1 Å². The number of Topliss-reactive ketones (excluding diaryl/α,β-unsaturated/α-hetero) is 1. The third kappa shape index (κ3) is 10.2. The van der Waals surface area contributed by atoms with Crippen molar-refractivity contribution in [3.8, 4) is 0 Å². The van der Waals surface area contributed by atoms with E-state index in [1.54, 1.807) is 45.9 Å². The number of amides is 3. The van der Waals surface area contributed by atoms with Crippen molar-refractivity contribution < 1.29 is 47.5 Å². The van der Waals surface area contributed by atoms with Crippen LogP contribution in [0.1, 0.15) is 62.2 Å². The number of hydrogen-bond donors (Lipinski definition) is 3. The first-order valence-corrected chi connectivity index (χ1v) is 15.7. The Balaban J connectivity index is 1.54. The van der Waals surface area contributed by atoms with Gasteiger partial charge < -0.3 is 33.7 Å². The van der Waals surface area contributed by atoms with Gasteiger partial charge in [-0.25, -0.2) is 14.6 Å². The lowest BCUT2D eigenvalue weighted by Gasteiger charge is -2.30. The number of nitrogens with one attached hydrogen (secondary N) is 2. The first-order valence-electron chi connectivity index (χ1n) is 15.7. The van der Waals surface area contributed by atoms with Gasteiger partial charge in [-0.3, -0.25) is 19.7 Å². The van der Waals surface area contributed by atoms with E-state index >= 15 is 0 Å². The van der Waals surface area contributed by atoms with Crippen molar-refractivity contribution in [3.63, 3.8) is 0 Å². The second-order valence-corrected chi connectivity index (χ2v) is 12.0. The minimum Gasteiger partial charge on any atom is -0.460 e. The molecule has 0 aromatic carbocycles. The van der Waals surface area contributed by atoms with Gasteiger partial charge in [-0.1, -0.05) is 48.9 Å². The molecule has 0 spiro atoms. The van der Waals surface area contributed by atoms with E-state index in [0.717, 1.165) is 6.26 Å². The number of oxazole rings is 1. The fraction of sp³-hybridized carbons (Fsp3) is 0.485. The molecule has 3 N–H and O–H groups in total. The van der Waals surface area contributed by atoms with E-state index in [0.29, 0.717) is 24.2 Å².